The van der Waals surface area contributed by atoms with Crippen LogP contribution in [-0.2, 0) is 20.2 Å². The number of carbonyl (C=O) groups is 1. The molecule has 2 aliphatic rings. The summed E-state index contributed by atoms with van der Waals surface area (Å²) in [6.45, 7) is 2.13. The largest absolute Gasteiger partial charge is 0.354 e. The van der Waals surface area contributed by atoms with Crippen molar-refractivity contribution in [1.29, 1.82) is 0 Å². The van der Waals surface area contributed by atoms with Gasteiger partial charge in [0.15, 0.2) is 0 Å². The molecule has 4 rings (SSSR count). The van der Waals surface area contributed by atoms with E-state index in [2.05, 4.69) is 15.2 Å². The molecule has 9 heteroatoms. The normalized spacial score (nSPS) is 18.8. The number of amides is 1. The van der Waals surface area contributed by atoms with Gasteiger partial charge in [0.05, 0.1) is 11.2 Å². The Morgan fingerprint density at radius 3 is 2.50 bits per heavy atom. The van der Waals surface area contributed by atoms with Crippen molar-refractivity contribution in [3.63, 3.8) is 0 Å². The molecule has 7 nitrogen and oxygen atoms in total. The molecule has 0 unspecified atom stereocenters. The lowest BCUT2D eigenvalue weighted by molar-refractivity contribution is -0.123. The minimum Gasteiger partial charge on any atom is -0.354 e. The maximum Gasteiger partial charge on any atom is 0.230 e. The van der Waals surface area contributed by atoms with Crippen molar-refractivity contribution in [2.45, 2.75) is 18.3 Å². The van der Waals surface area contributed by atoms with E-state index in [1.807, 2.05) is 36.4 Å². The summed E-state index contributed by atoms with van der Waals surface area (Å²) in [5.74, 6) is 0.631. The Morgan fingerprint density at radius 1 is 1.10 bits per heavy atom. The Morgan fingerprint density at radius 2 is 1.87 bits per heavy atom. The van der Waals surface area contributed by atoms with Gasteiger partial charge < -0.3 is 10.2 Å². The maximum absolute atomic E-state index is 12.7. The van der Waals surface area contributed by atoms with Gasteiger partial charge in [-0.2, -0.15) is 4.31 Å². The van der Waals surface area contributed by atoms with Crippen molar-refractivity contribution in [2.24, 2.45) is 0 Å². The first-order valence-corrected chi connectivity index (χ1v) is 12.1. The van der Waals surface area contributed by atoms with E-state index in [9.17, 15) is 13.2 Å². The van der Waals surface area contributed by atoms with Crippen LogP contribution in [0.1, 0.15) is 18.4 Å². The molecule has 0 spiro atoms. The highest BCUT2D eigenvalue weighted by Gasteiger charge is 2.51. The smallest absolute Gasteiger partial charge is 0.230 e. The highest BCUT2D eigenvalue weighted by Crippen LogP contribution is 2.48. The molecule has 2 heterocycles. The topological polar surface area (TPSA) is 82.6 Å². The number of anilines is 1. The van der Waals surface area contributed by atoms with E-state index >= 15 is 0 Å². The fourth-order valence-corrected chi connectivity index (χ4v) is 5.41. The van der Waals surface area contributed by atoms with Crippen LogP contribution < -0.4 is 10.2 Å². The molecule has 1 saturated heterocycles. The van der Waals surface area contributed by atoms with Gasteiger partial charge in [0.25, 0.3) is 0 Å². The quantitative estimate of drug-likeness (QED) is 0.700. The Hall–Kier alpha value is -2.16. The first kappa shape index (κ1) is 21.1. The third-order valence-corrected chi connectivity index (χ3v) is 7.92. The number of piperazine rings is 1. The second kappa shape index (κ2) is 8.53. The van der Waals surface area contributed by atoms with Crippen LogP contribution in [0.25, 0.3) is 0 Å². The summed E-state index contributed by atoms with van der Waals surface area (Å²) in [5, 5.41) is 3.42. The molecule has 1 aliphatic heterocycles. The van der Waals surface area contributed by atoms with E-state index in [1.165, 1.54) is 4.31 Å². The van der Waals surface area contributed by atoms with Crippen LogP contribution in [0, 0.1) is 0 Å². The van der Waals surface area contributed by atoms with Gasteiger partial charge in [0.1, 0.15) is 5.82 Å². The summed E-state index contributed by atoms with van der Waals surface area (Å²) >= 11 is 6.06. The summed E-state index contributed by atoms with van der Waals surface area (Å²) in [6.07, 6.45) is 3.24. The van der Waals surface area contributed by atoms with Gasteiger partial charge >= 0.3 is 0 Å². The number of carbonyl (C=O) groups excluding carboxylic acids is 1. The lowest BCUT2D eigenvalue weighted by Crippen LogP contribution is -2.50. The predicted octanol–water partition coefficient (Wildman–Crippen LogP) is 2.03. The molecule has 0 bridgehead atoms. The number of hydrogen-bond donors (Lipinski definition) is 1. The Kier molecular flexibility index (Phi) is 5.99. The van der Waals surface area contributed by atoms with Crippen LogP contribution in [0.4, 0.5) is 5.82 Å². The number of sulfonamides is 1. The molecular formula is C21H25ClN4O3S. The Labute approximate surface area is 182 Å². The second-order valence-corrected chi connectivity index (χ2v) is 10.3. The van der Waals surface area contributed by atoms with Crippen LogP contribution in [0.5, 0.6) is 0 Å². The standard InChI is InChI=1S/C21H25ClN4O3S/c22-18-5-3-4-17(16-18)21(7-8-21)20(27)24-10-15-30(28,29)26-13-11-25(12-14-26)19-6-1-2-9-23-19/h1-6,9,16H,7-8,10-15H2,(H,24,27). The number of benzene rings is 1. The van der Waals surface area contributed by atoms with E-state index < -0.39 is 15.4 Å². The fraction of sp³-hybridized carbons (Fsp3) is 0.429. The van der Waals surface area contributed by atoms with Crippen molar-refractivity contribution in [3.8, 4) is 0 Å². The number of hydrogen-bond acceptors (Lipinski definition) is 5. The average Bonchev–Trinajstić information content (AvgIpc) is 3.57. The first-order valence-electron chi connectivity index (χ1n) is 10.1. The van der Waals surface area contributed by atoms with Gasteiger partial charge in [-0.1, -0.05) is 29.8 Å². The van der Waals surface area contributed by atoms with Crippen molar-refractivity contribution < 1.29 is 13.2 Å². The number of nitrogens with zero attached hydrogens (tertiary/aromatic N) is 3. The van der Waals surface area contributed by atoms with Crippen molar-refractivity contribution >= 4 is 33.3 Å². The zero-order valence-electron chi connectivity index (χ0n) is 16.6. The number of rotatable bonds is 7. The summed E-state index contributed by atoms with van der Waals surface area (Å²) in [6, 6.07) is 13.0. The van der Waals surface area contributed by atoms with Crippen LogP contribution >= 0.6 is 11.6 Å². The number of aromatic nitrogens is 1. The van der Waals surface area contributed by atoms with E-state index in [1.54, 1.807) is 12.3 Å². The van der Waals surface area contributed by atoms with E-state index in [0.717, 1.165) is 24.2 Å². The van der Waals surface area contributed by atoms with Crippen molar-refractivity contribution in [3.05, 3.63) is 59.2 Å². The van der Waals surface area contributed by atoms with E-state index in [4.69, 9.17) is 11.6 Å². The Bertz CT molecular complexity index is 1000. The average molecular weight is 449 g/mol. The van der Waals surface area contributed by atoms with Crippen LogP contribution in [-0.4, -0.2) is 62.1 Å². The van der Waals surface area contributed by atoms with Crippen molar-refractivity contribution in [2.75, 3.05) is 43.4 Å². The predicted molar refractivity (Wildman–Crippen MR) is 117 cm³/mol. The SMILES string of the molecule is O=C(NCCS(=O)(=O)N1CCN(c2ccccn2)CC1)C1(c2cccc(Cl)c2)CC1. The fourth-order valence-electron chi connectivity index (χ4n) is 3.89. The maximum atomic E-state index is 12.7. The third kappa shape index (κ3) is 4.45. The van der Waals surface area contributed by atoms with Crippen LogP contribution in [0.2, 0.25) is 5.02 Å². The van der Waals surface area contributed by atoms with Gasteiger partial charge in [0, 0.05) is 43.9 Å². The molecule has 1 aromatic carbocycles. The molecule has 160 valence electrons. The second-order valence-electron chi connectivity index (χ2n) is 7.74. The minimum absolute atomic E-state index is 0.101. The van der Waals surface area contributed by atoms with Gasteiger partial charge in [0.2, 0.25) is 15.9 Å². The minimum atomic E-state index is -3.43. The zero-order valence-corrected chi connectivity index (χ0v) is 18.2. The molecule has 1 amide bonds. The summed E-state index contributed by atoms with van der Waals surface area (Å²) in [7, 11) is -3.43. The van der Waals surface area contributed by atoms with Crippen LogP contribution in [0.15, 0.2) is 48.7 Å². The summed E-state index contributed by atoms with van der Waals surface area (Å²) in [4.78, 5) is 19.1. The summed E-state index contributed by atoms with van der Waals surface area (Å²) in [5.41, 5.74) is 0.323. The van der Waals surface area contributed by atoms with Gasteiger partial charge in [-0.3, -0.25) is 4.79 Å². The van der Waals surface area contributed by atoms with Gasteiger partial charge in [-0.05, 0) is 42.7 Å². The van der Waals surface area contributed by atoms with Crippen molar-refractivity contribution in [1.82, 2.24) is 14.6 Å². The highest BCUT2D eigenvalue weighted by molar-refractivity contribution is 7.89. The number of pyridine rings is 1. The molecule has 1 aromatic heterocycles. The molecule has 2 aromatic rings. The molecular weight excluding hydrogens is 424 g/mol. The van der Waals surface area contributed by atoms with Gasteiger partial charge in [-0.15, -0.1) is 0 Å². The van der Waals surface area contributed by atoms with Crippen LogP contribution in [0.3, 0.4) is 0 Å². The molecule has 0 atom stereocenters. The zero-order chi connectivity index (χ0) is 21.2. The monoisotopic (exact) mass is 448 g/mol. The Balaban J connectivity index is 1.28. The third-order valence-electron chi connectivity index (χ3n) is 5.81. The lowest BCUT2D eigenvalue weighted by Gasteiger charge is -2.34. The molecule has 0 radical (unpaired) electrons. The summed E-state index contributed by atoms with van der Waals surface area (Å²) < 4.78 is 26.9. The number of halogens is 1. The lowest BCUT2D eigenvalue weighted by atomic mass is 9.95. The molecule has 1 N–H and O–H groups in total. The molecule has 1 aliphatic carbocycles. The van der Waals surface area contributed by atoms with E-state index in [0.29, 0.717) is 31.2 Å². The van der Waals surface area contributed by atoms with Gasteiger partial charge in [-0.25, -0.2) is 13.4 Å². The first-order chi connectivity index (χ1) is 14.4. The molecule has 30 heavy (non-hydrogen) atoms. The molecule has 2 fully saturated rings. The highest BCUT2D eigenvalue weighted by atomic mass is 35.5. The molecule has 1 saturated carbocycles. The van der Waals surface area contributed by atoms with E-state index in [-0.39, 0.29) is 18.2 Å². The number of nitrogens with one attached hydrogen (secondary N) is 1.